The molecule has 130 heavy (non-hydrogen) atoms. The van der Waals surface area contributed by atoms with Crippen LogP contribution in [0, 0.1) is 13.8 Å². The number of thioether (sulfide) groups is 8. The van der Waals surface area contributed by atoms with Gasteiger partial charge in [-0.15, -0.1) is 100 Å². The van der Waals surface area contributed by atoms with Crippen LogP contribution in [0.15, 0.2) is 117 Å². The average molecular weight is 2020 g/mol. The van der Waals surface area contributed by atoms with E-state index in [9.17, 15) is 97.1 Å². The summed E-state index contributed by atoms with van der Waals surface area (Å²) in [6.07, 6.45) is 2.58. The highest BCUT2D eigenvalue weighted by atomic mass is 32.2. The number of amides is 8. The molecule has 16 heterocycles. The van der Waals surface area contributed by atoms with Crippen LogP contribution >= 0.6 is 139 Å². The normalized spacial score (nSPS) is 20.2. The summed E-state index contributed by atoms with van der Waals surface area (Å²) in [6.45, 7) is 3.44. The number of nitrogens with zero attached hydrogens (tertiary/aromatic N) is 24. The molecule has 8 amide bonds. The molecule has 0 aromatic carbocycles. The highest BCUT2D eigenvalue weighted by Gasteiger charge is 2.58. The number of H-pyrrole nitrogens is 2. The molecule has 16 rings (SSSR count). The fourth-order valence-electron chi connectivity index (χ4n) is 12.7. The molecule has 54 nitrogen and oxygen atoms in total. The average Bonchev–Trinajstić information content (AvgIpc) is 0.863. The molecule has 66 heteroatoms. The number of aromatic amines is 2. The molecular weight excluding hydrogens is 1950 g/mol. The molecule has 0 spiro atoms. The van der Waals surface area contributed by atoms with Gasteiger partial charge in [0, 0.05) is 70.9 Å². The molecule has 4 fully saturated rings. The third kappa shape index (κ3) is 21.2. The first-order valence-electron chi connectivity index (χ1n) is 36.4. The van der Waals surface area contributed by atoms with Gasteiger partial charge in [0.05, 0.1) is 0 Å². The number of carboxylic acids is 4. The molecule has 8 aliphatic heterocycles. The van der Waals surface area contributed by atoms with E-state index in [0.717, 1.165) is 74.7 Å². The molecule has 0 radical (unpaired) electrons. The van der Waals surface area contributed by atoms with Gasteiger partial charge in [-0.3, -0.25) is 96.7 Å². The minimum Gasteiger partial charge on any atom is -0.477 e. The van der Waals surface area contributed by atoms with Crippen molar-refractivity contribution in [1.29, 1.82) is 0 Å². The molecule has 8 aromatic rings. The fraction of sp³-hybridized carbons (Fsp3) is 0.375. The number of carbonyl (C=O) groups is 12. The number of rotatable bonds is 30. The van der Waals surface area contributed by atoms with Crippen LogP contribution in [0.4, 0.5) is 10.3 Å². The zero-order chi connectivity index (χ0) is 93.4. The van der Waals surface area contributed by atoms with E-state index in [4.69, 9.17) is 21.1 Å². The Labute approximate surface area is 774 Å². The number of nitrogens with one attached hydrogen (secondary N) is 6. The monoisotopic (exact) mass is 2020 g/mol. The number of thiazole rings is 2. The maximum Gasteiger partial charge on any atom is 0.352 e. The lowest BCUT2D eigenvalue weighted by atomic mass is 10.0. The van der Waals surface area contributed by atoms with Crippen LogP contribution in [0.1, 0.15) is 21.4 Å². The first-order valence-corrected chi connectivity index (χ1v) is 48.0. The molecule has 8 aromatic heterocycles. The number of carboxylic acid groups (broad SMARTS) is 4. The number of nitrogen functional groups attached to an aromatic ring is 2. The van der Waals surface area contributed by atoms with Crippen molar-refractivity contribution in [3.05, 3.63) is 131 Å². The Morgan fingerprint density at radius 1 is 0.477 bits per heavy atom. The maximum absolute atomic E-state index is 12.9. The van der Waals surface area contributed by atoms with Crippen molar-refractivity contribution in [2.75, 3.05) is 71.7 Å². The van der Waals surface area contributed by atoms with Gasteiger partial charge in [0.15, 0.2) is 40.7 Å². The number of anilines is 2. The Hall–Kier alpha value is -12.3. The SMILES string of the molecule is CO/N=C(\C(=O)N[C@@H]1C(=O)N2C(C(=O)O)=C(CSc3nc(=O)c(=O)[nH]n3C)CS[C@H]12)c1csc(N)n1.CO/N=C(\C(=O)N[C@@H]1C(=O)N2C(C(=O)O)=C(CSc3nc(=O)c(=O)[nH]n3C)CS[C@H]12)c1csc(N)n1.Cc1nnc(SCC2=C(C(=O)O)N3C(=O)[C@@H](NC(=O)Cn4cnnn4)[C@H]3SC2)s1.Cc1nnc(SCC2=C(C(=O)O)N3C(=O)[C@@H](NC(=O)Cn4cnnn4)[C@H]3SC2)s1. The number of carbonyl (C=O) groups excluding carboxylic acids is 8. The minimum atomic E-state index is -1.31. The van der Waals surface area contributed by atoms with Crippen LogP contribution in [0.25, 0.3) is 0 Å². The topological polar surface area (TPSA) is 742 Å². The maximum atomic E-state index is 12.9. The van der Waals surface area contributed by atoms with E-state index >= 15 is 0 Å². The second-order valence-corrected chi connectivity index (χ2v) is 39.7. The number of hydrogen-bond donors (Lipinski definition) is 12. The lowest BCUT2D eigenvalue weighted by Gasteiger charge is -2.49. The predicted octanol–water partition coefficient (Wildman–Crippen LogP) is -4.49. The van der Waals surface area contributed by atoms with E-state index in [0.29, 0.717) is 45.3 Å². The highest BCUT2D eigenvalue weighted by Crippen LogP contribution is 2.46. The molecule has 0 saturated carbocycles. The van der Waals surface area contributed by atoms with Gasteiger partial charge in [-0.05, 0) is 57.0 Å². The Morgan fingerprint density at radius 3 is 1.06 bits per heavy atom. The van der Waals surface area contributed by atoms with Crippen LogP contribution < -0.4 is 55.0 Å². The van der Waals surface area contributed by atoms with E-state index in [1.54, 1.807) is 0 Å². The second-order valence-electron chi connectivity index (χ2n) is 26.8. The summed E-state index contributed by atoms with van der Waals surface area (Å²) in [5, 5.41) is 102. The number of tetrazole rings is 2. The summed E-state index contributed by atoms with van der Waals surface area (Å²) < 4.78 is 6.46. The largest absolute Gasteiger partial charge is 0.477 e. The van der Waals surface area contributed by atoms with Gasteiger partial charge in [0.2, 0.25) is 11.8 Å². The third-order valence-corrected chi connectivity index (χ3v) is 31.4. The van der Waals surface area contributed by atoms with Crippen LogP contribution in [-0.2, 0) is 94.4 Å². The van der Waals surface area contributed by atoms with Crippen LogP contribution in [0.2, 0.25) is 0 Å². The van der Waals surface area contributed by atoms with E-state index in [1.807, 2.05) is 13.8 Å². The van der Waals surface area contributed by atoms with Gasteiger partial charge >= 0.3 is 46.1 Å². The van der Waals surface area contributed by atoms with E-state index in [1.165, 1.54) is 174 Å². The smallest absolute Gasteiger partial charge is 0.352 e. The Balaban J connectivity index is 0.000000148. The fourth-order valence-corrected chi connectivity index (χ4v) is 25.2. The molecule has 0 aliphatic carbocycles. The Kier molecular flexibility index (Phi) is 30.5. The van der Waals surface area contributed by atoms with E-state index < -0.39 is 139 Å². The minimum absolute atomic E-state index is 0.0153. The second kappa shape index (κ2) is 41.6. The first kappa shape index (κ1) is 95.3. The number of aryl methyl sites for hydroxylation is 4. The Bertz CT molecular complexity index is 5940. The van der Waals surface area contributed by atoms with E-state index in [2.05, 4.69) is 113 Å². The van der Waals surface area contributed by atoms with Crippen molar-refractivity contribution in [2.45, 2.75) is 91.6 Å². The summed E-state index contributed by atoms with van der Waals surface area (Å²) in [6, 6.07) is -3.55. The summed E-state index contributed by atoms with van der Waals surface area (Å²) in [5.41, 5.74) is 9.25. The van der Waals surface area contributed by atoms with Crippen molar-refractivity contribution in [2.24, 2.45) is 24.4 Å². The van der Waals surface area contributed by atoms with Gasteiger partial charge in [0.1, 0.15) is 130 Å². The summed E-state index contributed by atoms with van der Waals surface area (Å²) >= 11 is 15.3. The zero-order valence-electron chi connectivity index (χ0n) is 66.9. The van der Waals surface area contributed by atoms with E-state index in [-0.39, 0.29) is 102 Å². The van der Waals surface area contributed by atoms with Crippen molar-refractivity contribution < 1.29 is 87.6 Å². The molecule has 8 atom stereocenters. The molecule has 0 bridgehead atoms. The number of aromatic nitrogens is 20. The summed E-state index contributed by atoms with van der Waals surface area (Å²) in [4.78, 5) is 224. The molecule has 0 unspecified atom stereocenters. The molecule has 14 N–H and O–H groups in total. The lowest BCUT2D eigenvalue weighted by molar-refractivity contribution is -0.150. The number of oxime groups is 2. The summed E-state index contributed by atoms with van der Waals surface area (Å²) in [7, 11) is 5.48. The van der Waals surface area contributed by atoms with Gasteiger partial charge in [-0.2, -0.15) is 9.97 Å². The van der Waals surface area contributed by atoms with Gasteiger partial charge in [0.25, 0.3) is 35.4 Å². The molecular formula is C64H64N32O22S12. The van der Waals surface area contributed by atoms with Crippen molar-refractivity contribution in [1.82, 2.24) is 141 Å². The molecule has 8 aliphatic rings. The molecule has 684 valence electrons. The first-order chi connectivity index (χ1) is 62.1. The molecule has 4 saturated heterocycles. The number of β-lactam (4-membered cyclic amide) rings is 4. The van der Waals surface area contributed by atoms with Crippen LogP contribution in [0.5, 0.6) is 0 Å². The van der Waals surface area contributed by atoms with Crippen molar-refractivity contribution in [3.63, 3.8) is 0 Å². The van der Waals surface area contributed by atoms with Gasteiger partial charge in [-0.25, -0.2) is 38.5 Å². The van der Waals surface area contributed by atoms with Crippen molar-refractivity contribution >= 4 is 232 Å². The van der Waals surface area contributed by atoms with Gasteiger partial charge < -0.3 is 62.8 Å². The zero-order valence-corrected chi connectivity index (χ0v) is 76.7. The highest BCUT2D eigenvalue weighted by molar-refractivity contribution is 8.03. The standard InChI is InChI=1S/2C18H18N8O7S3.2C14H14N8O4S3/c2*1-25-18(22-12(28)13(29)23-25)36-4-6-3-34-15-9(14(30)26(15)10(6)16(31)32)21-11(27)8(24-33-2)7-5-35-17(19)20-7;2*1-6-17-18-14(29-6)28-4-7-3-27-12-9(11(24)22(12)10(7)13(25)26)16-8(23)2-21-5-15-19-20-21/h2*5,9,15H,3-4H2,1-2H3,(H2,19,20)(H,21,27)(H,23,29)(H,31,32);2*5,9,12H,2-4H2,1H3,(H,16,23)(H,25,26)/b2*24-8-;;/t2*9-,15-;2*9-,12-/m1111/s1. The quantitative estimate of drug-likeness (QED) is 0.00664. The van der Waals surface area contributed by atoms with Gasteiger partial charge in [-0.1, -0.05) is 80.0 Å². The number of fused-ring (bicyclic) bond motifs is 4. The lowest BCUT2D eigenvalue weighted by Crippen LogP contribution is -2.71. The van der Waals surface area contributed by atoms with Crippen LogP contribution in [-0.4, -0.2) is 329 Å². The van der Waals surface area contributed by atoms with Crippen LogP contribution in [0.3, 0.4) is 0 Å². The predicted molar refractivity (Wildman–Crippen MR) is 467 cm³/mol. The third-order valence-electron chi connectivity index (χ3n) is 18.3. The van der Waals surface area contributed by atoms with Crippen molar-refractivity contribution in [3.8, 4) is 0 Å². The number of aliphatic carboxylic acids is 4. The summed E-state index contributed by atoms with van der Waals surface area (Å²) in [5.74, 6) is -6.97. The Morgan fingerprint density at radius 2 is 0.792 bits per heavy atom. The number of nitrogens with two attached hydrogens (primary N) is 2. The number of hydrogen-bond acceptors (Lipinski definition) is 48.